The Balaban J connectivity index is 1.83. The first kappa shape index (κ1) is 16.5. The molecule has 122 valence electrons. The van der Waals surface area contributed by atoms with E-state index in [0.717, 1.165) is 0 Å². The molecule has 2 aromatic rings. The highest BCUT2D eigenvalue weighted by atomic mass is 19.3. The molecule has 23 heavy (non-hydrogen) atoms. The molecule has 0 spiro atoms. The summed E-state index contributed by atoms with van der Waals surface area (Å²) < 4.78 is 38.0. The van der Waals surface area contributed by atoms with Crippen LogP contribution in [0.5, 0.6) is 5.75 Å². The molecule has 0 radical (unpaired) electrons. The van der Waals surface area contributed by atoms with Crippen molar-refractivity contribution in [2.24, 2.45) is 0 Å². The Kier molecular flexibility index (Phi) is 5.29. The van der Waals surface area contributed by atoms with E-state index in [9.17, 15) is 18.4 Å². The molecule has 0 aliphatic heterocycles. The normalized spacial score (nSPS) is 10.4. The lowest BCUT2D eigenvalue weighted by Gasteiger charge is -2.08. The minimum atomic E-state index is -2.92. The minimum Gasteiger partial charge on any atom is -0.469 e. The average molecular weight is 325 g/mol. The first-order valence-corrected chi connectivity index (χ1v) is 6.51. The fraction of sp³-hybridized carbons (Fsp3) is 0.200. The third-order valence-electron chi connectivity index (χ3n) is 2.78. The second kappa shape index (κ2) is 7.39. The van der Waals surface area contributed by atoms with Crippen LogP contribution in [0, 0.1) is 6.92 Å². The molecule has 0 bridgehead atoms. The molecular formula is C15H13F2NO5. The maximum atomic E-state index is 12.0. The fourth-order valence-electron chi connectivity index (χ4n) is 1.72. The van der Waals surface area contributed by atoms with Crippen molar-refractivity contribution in [1.29, 1.82) is 0 Å². The highest BCUT2D eigenvalue weighted by Gasteiger charge is 2.14. The zero-order valence-corrected chi connectivity index (χ0v) is 12.0. The third kappa shape index (κ3) is 4.80. The van der Waals surface area contributed by atoms with Crippen LogP contribution in [0.25, 0.3) is 0 Å². The Hall–Kier alpha value is -2.90. The molecule has 1 N–H and O–H groups in total. The fourth-order valence-corrected chi connectivity index (χ4v) is 1.72. The topological polar surface area (TPSA) is 77.8 Å². The summed E-state index contributed by atoms with van der Waals surface area (Å²) in [6.07, 6.45) is 1.34. The van der Waals surface area contributed by atoms with Gasteiger partial charge in [0.05, 0.1) is 6.26 Å². The van der Waals surface area contributed by atoms with E-state index in [1.807, 2.05) is 0 Å². The molecule has 0 aliphatic rings. The second-order valence-electron chi connectivity index (χ2n) is 4.42. The zero-order valence-electron chi connectivity index (χ0n) is 12.0. The van der Waals surface area contributed by atoms with Gasteiger partial charge in [-0.25, -0.2) is 4.79 Å². The van der Waals surface area contributed by atoms with Gasteiger partial charge in [0.15, 0.2) is 6.61 Å². The predicted octanol–water partition coefficient (Wildman–Crippen LogP) is 2.98. The van der Waals surface area contributed by atoms with Gasteiger partial charge in [0, 0.05) is 5.69 Å². The summed E-state index contributed by atoms with van der Waals surface area (Å²) in [5.74, 6) is -0.876. The molecular weight excluding hydrogens is 312 g/mol. The lowest BCUT2D eigenvalue weighted by Crippen LogP contribution is -2.21. The Bertz CT molecular complexity index is 681. The molecule has 0 aliphatic carbocycles. The highest BCUT2D eigenvalue weighted by molar-refractivity contribution is 5.95. The first-order chi connectivity index (χ1) is 11.0. The van der Waals surface area contributed by atoms with Gasteiger partial charge in [0.25, 0.3) is 5.91 Å². The Morgan fingerprint density at radius 1 is 1.22 bits per heavy atom. The van der Waals surface area contributed by atoms with Crippen molar-refractivity contribution in [3.05, 3.63) is 47.9 Å². The maximum Gasteiger partial charge on any atom is 0.387 e. The molecule has 6 nitrogen and oxygen atoms in total. The van der Waals surface area contributed by atoms with Crippen LogP contribution in [0.15, 0.2) is 41.0 Å². The number of ether oxygens (including phenoxy) is 2. The number of anilines is 1. The Morgan fingerprint density at radius 3 is 2.48 bits per heavy atom. The summed E-state index contributed by atoms with van der Waals surface area (Å²) in [6, 6.07) is 6.78. The Labute approximate surface area is 130 Å². The number of furan rings is 1. The van der Waals surface area contributed by atoms with Crippen molar-refractivity contribution in [3.8, 4) is 5.75 Å². The molecule has 8 heteroatoms. The maximum absolute atomic E-state index is 12.0. The van der Waals surface area contributed by atoms with Crippen LogP contribution in [-0.2, 0) is 9.53 Å². The van der Waals surface area contributed by atoms with E-state index < -0.39 is 25.1 Å². The molecule has 1 heterocycles. The van der Waals surface area contributed by atoms with Gasteiger partial charge >= 0.3 is 12.6 Å². The molecule has 0 saturated carbocycles. The van der Waals surface area contributed by atoms with E-state index >= 15 is 0 Å². The van der Waals surface area contributed by atoms with Gasteiger partial charge in [-0.05, 0) is 37.3 Å². The largest absolute Gasteiger partial charge is 0.469 e. The van der Waals surface area contributed by atoms with Gasteiger partial charge in [0.2, 0.25) is 0 Å². The number of amides is 1. The van der Waals surface area contributed by atoms with Crippen molar-refractivity contribution in [3.63, 3.8) is 0 Å². The molecule has 2 rings (SSSR count). The van der Waals surface area contributed by atoms with Gasteiger partial charge in [0.1, 0.15) is 17.1 Å². The molecule has 1 aromatic carbocycles. The summed E-state index contributed by atoms with van der Waals surface area (Å²) >= 11 is 0. The summed E-state index contributed by atoms with van der Waals surface area (Å²) in [5.41, 5.74) is 0.596. The van der Waals surface area contributed by atoms with E-state index in [4.69, 9.17) is 9.15 Å². The van der Waals surface area contributed by atoms with Gasteiger partial charge in [-0.15, -0.1) is 0 Å². The van der Waals surface area contributed by atoms with Crippen LogP contribution in [0.1, 0.15) is 16.1 Å². The number of rotatable bonds is 6. The lowest BCUT2D eigenvalue weighted by molar-refractivity contribution is -0.119. The zero-order chi connectivity index (χ0) is 16.8. The van der Waals surface area contributed by atoms with Crippen molar-refractivity contribution in [1.82, 2.24) is 0 Å². The number of hydrogen-bond donors (Lipinski definition) is 1. The number of carbonyl (C=O) groups is 2. The quantitative estimate of drug-likeness (QED) is 0.826. The number of esters is 1. The van der Waals surface area contributed by atoms with Gasteiger partial charge in [-0.3, -0.25) is 4.79 Å². The number of carbonyl (C=O) groups excluding carboxylic acids is 2. The SMILES string of the molecule is Cc1occc1C(=O)OCC(=O)Nc1ccc(OC(F)F)cc1. The monoisotopic (exact) mass is 325 g/mol. The third-order valence-corrected chi connectivity index (χ3v) is 2.78. The summed E-state index contributed by atoms with van der Waals surface area (Å²) in [7, 11) is 0. The number of benzene rings is 1. The van der Waals surface area contributed by atoms with Crippen molar-refractivity contribution < 1.29 is 32.3 Å². The standard InChI is InChI=1S/C15H13F2NO5/c1-9-12(6-7-21-9)14(20)22-8-13(19)18-10-2-4-11(5-3-10)23-15(16)17/h2-7,15H,8H2,1H3,(H,18,19). The van der Waals surface area contributed by atoms with Crippen LogP contribution in [0.4, 0.5) is 14.5 Å². The first-order valence-electron chi connectivity index (χ1n) is 6.51. The van der Waals surface area contributed by atoms with Gasteiger partial charge < -0.3 is 19.2 Å². The van der Waals surface area contributed by atoms with E-state index in [-0.39, 0.29) is 11.3 Å². The van der Waals surface area contributed by atoms with E-state index in [2.05, 4.69) is 10.1 Å². The van der Waals surface area contributed by atoms with Crippen molar-refractivity contribution >= 4 is 17.6 Å². The van der Waals surface area contributed by atoms with Crippen LogP contribution in [0.2, 0.25) is 0 Å². The van der Waals surface area contributed by atoms with Gasteiger partial charge in [-0.2, -0.15) is 8.78 Å². The number of nitrogens with one attached hydrogen (secondary N) is 1. The van der Waals surface area contributed by atoms with E-state index in [1.165, 1.54) is 36.6 Å². The summed E-state index contributed by atoms with van der Waals surface area (Å²) in [5, 5.41) is 2.46. The lowest BCUT2D eigenvalue weighted by atomic mass is 10.3. The molecule has 1 amide bonds. The number of halogens is 2. The van der Waals surface area contributed by atoms with Gasteiger partial charge in [-0.1, -0.05) is 0 Å². The summed E-state index contributed by atoms with van der Waals surface area (Å²) in [4.78, 5) is 23.4. The molecule has 0 fully saturated rings. The highest BCUT2D eigenvalue weighted by Crippen LogP contribution is 2.17. The summed E-state index contributed by atoms with van der Waals surface area (Å²) in [6.45, 7) is -1.81. The molecule has 0 atom stereocenters. The smallest absolute Gasteiger partial charge is 0.387 e. The molecule has 1 aromatic heterocycles. The number of hydrogen-bond acceptors (Lipinski definition) is 5. The molecule has 0 saturated heterocycles. The van der Waals surface area contributed by atoms with Crippen molar-refractivity contribution in [2.45, 2.75) is 13.5 Å². The number of aryl methyl sites for hydroxylation is 1. The van der Waals surface area contributed by atoms with Crippen LogP contribution in [0.3, 0.4) is 0 Å². The second-order valence-corrected chi connectivity index (χ2v) is 4.42. The van der Waals surface area contributed by atoms with E-state index in [0.29, 0.717) is 11.4 Å². The molecule has 0 unspecified atom stereocenters. The van der Waals surface area contributed by atoms with Crippen LogP contribution >= 0.6 is 0 Å². The Morgan fingerprint density at radius 2 is 1.91 bits per heavy atom. The predicted molar refractivity (Wildman–Crippen MR) is 75.4 cm³/mol. The van der Waals surface area contributed by atoms with Crippen molar-refractivity contribution in [2.75, 3.05) is 11.9 Å². The van der Waals surface area contributed by atoms with Crippen LogP contribution in [-0.4, -0.2) is 25.1 Å². The average Bonchev–Trinajstić information content (AvgIpc) is 2.92. The minimum absolute atomic E-state index is 0.0279. The van der Waals surface area contributed by atoms with E-state index in [1.54, 1.807) is 6.92 Å². The van der Waals surface area contributed by atoms with Crippen LogP contribution < -0.4 is 10.1 Å². The number of alkyl halides is 2.